The van der Waals surface area contributed by atoms with Crippen molar-refractivity contribution in [2.45, 2.75) is 13.0 Å². The first kappa shape index (κ1) is 11.6. The van der Waals surface area contributed by atoms with Crippen molar-refractivity contribution in [3.05, 3.63) is 30.3 Å². The molecule has 1 fully saturated rings. The monoisotopic (exact) mass is 234 g/mol. The topological polar surface area (TPSA) is 58.6 Å². The van der Waals surface area contributed by atoms with Gasteiger partial charge in [-0.15, -0.1) is 0 Å². The summed E-state index contributed by atoms with van der Waals surface area (Å²) in [5.41, 5.74) is 1.01. The van der Waals surface area contributed by atoms with Crippen LogP contribution in [-0.4, -0.2) is 31.2 Å². The van der Waals surface area contributed by atoms with Gasteiger partial charge in [0, 0.05) is 12.6 Å². The Morgan fingerprint density at radius 2 is 2.06 bits per heavy atom. The van der Waals surface area contributed by atoms with Crippen LogP contribution < -0.4 is 10.2 Å². The van der Waals surface area contributed by atoms with Crippen molar-refractivity contribution in [2.75, 3.05) is 18.2 Å². The second-order valence-electron chi connectivity index (χ2n) is 3.89. The molecule has 1 heterocycles. The number of anilines is 1. The van der Waals surface area contributed by atoms with Crippen LogP contribution in [0, 0.1) is 0 Å². The van der Waals surface area contributed by atoms with E-state index in [-0.39, 0.29) is 11.8 Å². The highest BCUT2D eigenvalue weighted by atomic mass is 16.5. The number of amides is 2. The second kappa shape index (κ2) is 4.97. The van der Waals surface area contributed by atoms with E-state index in [4.69, 9.17) is 4.74 Å². The summed E-state index contributed by atoms with van der Waals surface area (Å²) in [6.45, 7) is 2.13. The van der Waals surface area contributed by atoms with Gasteiger partial charge >= 0.3 is 0 Å². The minimum Gasteiger partial charge on any atom is -0.346 e. The number of hydrogen-bond donors (Lipinski definition) is 1. The van der Waals surface area contributed by atoms with Gasteiger partial charge in [-0.2, -0.15) is 0 Å². The van der Waals surface area contributed by atoms with Crippen molar-refractivity contribution in [3.8, 4) is 0 Å². The van der Waals surface area contributed by atoms with E-state index in [0.717, 1.165) is 5.69 Å². The van der Waals surface area contributed by atoms with Crippen molar-refractivity contribution in [3.63, 3.8) is 0 Å². The van der Waals surface area contributed by atoms with Gasteiger partial charge < -0.3 is 9.64 Å². The highest BCUT2D eigenvalue weighted by molar-refractivity contribution is 5.96. The third-order valence-corrected chi connectivity index (χ3v) is 2.53. The lowest BCUT2D eigenvalue weighted by Gasteiger charge is -2.15. The number of carbonyl (C=O) groups is 2. The van der Waals surface area contributed by atoms with Crippen molar-refractivity contribution < 1.29 is 14.3 Å². The van der Waals surface area contributed by atoms with Crippen LogP contribution in [0.1, 0.15) is 6.92 Å². The Bertz CT molecular complexity index is 419. The normalized spacial score (nSPS) is 19.1. The molecular weight excluding hydrogens is 220 g/mol. The molecule has 5 nitrogen and oxygen atoms in total. The number of carbonyl (C=O) groups excluding carboxylic acids is 2. The molecule has 2 rings (SSSR count). The molecule has 1 aliphatic heterocycles. The van der Waals surface area contributed by atoms with E-state index in [2.05, 4.69) is 5.32 Å². The molecule has 1 N–H and O–H groups in total. The lowest BCUT2D eigenvalue weighted by molar-refractivity contribution is -0.135. The van der Waals surface area contributed by atoms with Crippen LogP contribution in [0.4, 0.5) is 5.69 Å². The molecular formula is C12H14N2O3. The fraction of sp³-hybridized carbons (Fsp3) is 0.333. The van der Waals surface area contributed by atoms with Gasteiger partial charge in [0.15, 0.2) is 6.10 Å². The molecule has 0 spiro atoms. The summed E-state index contributed by atoms with van der Waals surface area (Å²) < 4.78 is 5.34. The van der Waals surface area contributed by atoms with Gasteiger partial charge in [-0.1, -0.05) is 18.2 Å². The maximum Gasteiger partial charge on any atom is 0.257 e. The average molecular weight is 234 g/mol. The highest BCUT2D eigenvalue weighted by Crippen LogP contribution is 2.18. The Hall–Kier alpha value is -1.88. The van der Waals surface area contributed by atoms with Crippen LogP contribution in [0.15, 0.2) is 30.3 Å². The number of nitrogens with zero attached hydrogens (tertiary/aromatic N) is 1. The Balaban J connectivity index is 1.96. The smallest absolute Gasteiger partial charge is 0.257 e. The number of imide groups is 1. The van der Waals surface area contributed by atoms with Crippen molar-refractivity contribution in [2.24, 2.45) is 0 Å². The number of rotatable bonds is 2. The molecule has 1 atom stereocenters. The van der Waals surface area contributed by atoms with Crippen LogP contribution >= 0.6 is 0 Å². The average Bonchev–Trinajstić information content (AvgIpc) is 2.78. The third kappa shape index (κ3) is 2.82. The third-order valence-electron chi connectivity index (χ3n) is 2.53. The maximum absolute atomic E-state index is 11.5. The minimum atomic E-state index is -0.584. The van der Waals surface area contributed by atoms with Crippen LogP contribution in [0.3, 0.4) is 0 Å². The van der Waals surface area contributed by atoms with E-state index in [9.17, 15) is 9.59 Å². The van der Waals surface area contributed by atoms with Gasteiger partial charge in [0.1, 0.15) is 6.73 Å². The predicted octanol–water partition coefficient (Wildman–Crippen LogP) is 0.512. The molecule has 90 valence electrons. The molecule has 0 radical (unpaired) electrons. The summed E-state index contributed by atoms with van der Waals surface area (Å²) >= 11 is 0. The van der Waals surface area contributed by atoms with E-state index >= 15 is 0 Å². The molecule has 1 aromatic carbocycles. The van der Waals surface area contributed by atoms with E-state index in [1.165, 1.54) is 6.92 Å². The number of para-hydroxylation sites is 1. The molecule has 1 saturated heterocycles. The molecule has 17 heavy (non-hydrogen) atoms. The fourth-order valence-corrected chi connectivity index (χ4v) is 1.72. The zero-order valence-corrected chi connectivity index (χ0v) is 9.55. The highest BCUT2D eigenvalue weighted by Gasteiger charge is 2.29. The first-order valence-electron chi connectivity index (χ1n) is 5.40. The predicted molar refractivity (Wildman–Crippen MR) is 62.4 cm³/mol. The van der Waals surface area contributed by atoms with E-state index in [1.54, 1.807) is 0 Å². The van der Waals surface area contributed by atoms with Crippen LogP contribution in [0.2, 0.25) is 0 Å². The first-order chi connectivity index (χ1) is 8.16. The number of hydrogen-bond acceptors (Lipinski definition) is 4. The van der Waals surface area contributed by atoms with E-state index in [1.807, 2.05) is 35.2 Å². The van der Waals surface area contributed by atoms with Gasteiger partial charge in [0.05, 0.1) is 6.54 Å². The Kier molecular flexibility index (Phi) is 3.39. The lowest BCUT2D eigenvalue weighted by Crippen LogP contribution is -2.39. The fourth-order valence-electron chi connectivity index (χ4n) is 1.72. The Labute approximate surface area is 99.4 Å². The van der Waals surface area contributed by atoms with Crippen LogP contribution in [0.25, 0.3) is 0 Å². The van der Waals surface area contributed by atoms with Crippen LogP contribution in [-0.2, 0) is 14.3 Å². The molecule has 0 saturated carbocycles. The number of ether oxygens (including phenoxy) is 1. The molecule has 2 amide bonds. The minimum absolute atomic E-state index is 0.361. The van der Waals surface area contributed by atoms with Gasteiger partial charge in [-0.05, 0) is 12.1 Å². The summed E-state index contributed by atoms with van der Waals surface area (Å²) in [4.78, 5) is 24.3. The zero-order chi connectivity index (χ0) is 12.3. The maximum atomic E-state index is 11.5. The van der Waals surface area contributed by atoms with Gasteiger partial charge in [0.25, 0.3) is 5.91 Å². The Morgan fingerprint density at radius 1 is 1.35 bits per heavy atom. The number of nitrogens with one attached hydrogen (secondary N) is 1. The lowest BCUT2D eigenvalue weighted by atomic mass is 10.2. The Morgan fingerprint density at radius 3 is 2.71 bits per heavy atom. The first-order valence-corrected chi connectivity index (χ1v) is 5.40. The van der Waals surface area contributed by atoms with E-state index < -0.39 is 6.10 Å². The SMILES string of the molecule is CC(=O)NC(=O)[C@@H]1CN(c2ccccc2)CO1. The van der Waals surface area contributed by atoms with E-state index in [0.29, 0.717) is 13.3 Å². The molecule has 1 aromatic rings. The van der Waals surface area contributed by atoms with Gasteiger partial charge in [-0.25, -0.2) is 0 Å². The molecule has 0 aromatic heterocycles. The standard InChI is InChI=1S/C12H14N2O3/c1-9(15)13-12(16)11-7-14(8-17-11)10-5-3-2-4-6-10/h2-6,11H,7-8H2,1H3,(H,13,15,16)/t11-/m0/s1. The molecule has 5 heteroatoms. The zero-order valence-electron chi connectivity index (χ0n) is 9.55. The van der Waals surface area contributed by atoms with Crippen molar-refractivity contribution >= 4 is 17.5 Å². The summed E-state index contributed by atoms with van der Waals surface area (Å²) in [5.74, 6) is -0.743. The quantitative estimate of drug-likeness (QED) is 0.810. The molecule has 0 aliphatic carbocycles. The summed E-state index contributed by atoms with van der Waals surface area (Å²) in [5, 5.41) is 2.23. The largest absolute Gasteiger partial charge is 0.346 e. The van der Waals surface area contributed by atoms with Crippen LogP contribution in [0.5, 0.6) is 0 Å². The molecule has 0 bridgehead atoms. The molecule has 0 unspecified atom stereocenters. The van der Waals surface area contributed by atoms with Gasteiger partial charge in [-0.3, -0.25) is 14.9 Å². The van der Waals surface area contributed by atoms with Crippen molar-refractivity contribution in [1.82, 2.24) is 5.32 Å². The summed E-state index contributed by atoms with van der Waals surface area (Å²) in [6, 6.07) is 9.69. The summed E-state index contributed by atoms with van der Waals surface area (Å²) in [7, 11) is 0. The van der Waals surface area contributed by atoms with Gasteiger partial charge in [0.2, 0.25) is 5.91 Å². The number of benzene rings is 1. The molecule has 1 aliphatic rings. The summed E-state index contributed by atoms with van der Waals surface area (Å²) in [6.07, 6.45) is -0.584. The van der Waals surface area contributed by atoms with Crippen molar-refractivity contribution in [1.29, 1.82) is 0 Å². The second-order valence-corrected chi connectivity index (χ2v) is 3.89.